The van der Waals surface area contributed by atoms with Crippen LogP contribution in [0, 0.1) is 0 Å². The van der Waals surface area contributed by atoms with Crippen LogP contribution in [-0.4, -0.2) is 83.7 Å². The van der Waals surface area contributed by atoms with Crippen molar-refractivity contribution >= 4 is 33.1 Å². The monoisotopic (exact) mass is 777 g/mol. The van der Waals surface area contributed by atoms with Crippen LogP contribution in [0.1, 0.15) is 195 Å². The first-order valence-corrected chi connectivity index (χ1v) is 23.9. The maximum absolute atomic E-state index is 10.1. The fourth-order valence-corrected chi connectivity index (χ4v) is 8.75. The molecule has 0 heterocycles. The van der Waals surface area contributed by atoms with Gasteiger partial charge in [0, 0.05) is 18.0 Å². The zero-order valence-electron chi connectivity index (χ0n) is 33.4. The topological polar surface area (TPSA) is 86.7 Å². The Bertz CT molecular complexity index is 553. The number of rotatable bonds is 30. The molecule has 0 rings (SSSR count). The van der Waals surface area contributed by atoms with E-state index in [1.54, 1.807) is 8.87 Å². The predicted molar refractivity (Wildman–Crippen MR) is 205 cm³/mol. The molecule has 1 unspecified atom stereocenters. The van der Waals surface area contributed by atoms with Crippen molar-refractivity contribution in [1.82, 2.24) is 9.80 Å². The number of carbonyl (C=O) groups excluding carboxylic acids is 2. The zero-order chi connectivity index (χ0) is 36.4. The summed E-state index contributed by atoms with van der Waals surface area (Å²) in [5.74, 6) is -1.82. The normalized spacial score (nSPS) is 11.0. The number of aliphatic carboxylic acids is 2. The first kappa shape index (κ1) is 53.5. The predicted octanol–water partition coefficient (Wildman–Crippen LogP) is 9.33. The van der Waals surface area contributed by atoms with Crippen LogP contribution in [0.15, 0.2) is 0 Å². The van der Waals surface area contributed by atoms with Crippen molar-refractivity contribution in [1.29, 1.82) is 0 Å². The molecule has 0 aliphatic heterocycles. The van der Waals surface area contributed by atoms with Crippen LogP contribution in [-0.2, 0) is 9.59 Å². The van der Waals surface area contributed by atoms with Crippen molar-refractivity contribution in [2.45, 2.75) is 210 Å². The number of carboxylic acid groups (broad SMARTS) is 2. The van der Waals surface area contributed by atoms with Crippen LogP contribution in [0.2, 0.25) is 8.87 Å². The van der Waals surface area contributed by atoms with Gasteiger partial charge in [-0.25, -0.2) is 0 Å². The van der Waals surface area contributed by atoms with Crippen LogP contribution in [0.4, 0.5) is 0 Å². The molecule has 0 fully saturated rings. The molecular formula is C40H84N2O4Sn. The third-order valence-corrected chi connectivity index (χ3v) is 12.3. The summed E-state index contributed by atoms with van der Waals surface area (Å²) in [5, 5.41) is 20.2. The van der Waals surface area contributed by atoms with E-state index < -0.39 is 11.9 Å². The molecule has 0 amide bonds. The SMILES string of the molecule is CC(CCN(C)C)N(C)C.CCCCCCCCCCCC(=O)[O-].CCCCCCCCCCCC(=O)[O-].CCC[CH2][Sn+2][CH2]CCC. The third kappa shape index (κ3) is 64.8. The Morgan fingerprint density at radius 3 is 1.06 bits per heavy atom. The minimum absolute atomic E-state index is 0.149. The van der Waals surface area contributed by atoms with Crippen LogP contribution in [0.25, 0.3) is 0 Å². The van der Waals surface area contributed by atoms with Crippen molar-refractivity contribution in [3.05, 3.63) is 0 Å². The van der Waals surface area contributed by atoms with Gasteiger partial charge >= 0.3 is 69.5 Å². The van der Waals surface area contributed by atoms with Crippen LogP contribution >= 0.6 is 0 Å². The number of carboxylic acids is 2. The molecule has 6 nitrogen and oxygen atoms in total. The first-order valence-electron chi connectivity index (χ1n) is 19.9. The minimum atomic E-state index is -0.909. The molecule has 0 aromatic rings. The number of hydrogen-bond acceptors (Lipinski definition) is 6. The fourth-order valence-electron chi connectivity index (χ4n) is 4.59. The van der Waals surface area contributed by atoms with Gasteiger partial charge in [-0.3, -0.25) is 0 Å². The first-order chi connectivity index (χ1) is 22.5. The van der Waals surface area contributed by atoms with E-state index in [0.717, 1.165) is 25.7 Å². The van der Waals surface area contributed by atoms with E-state index in [9.17, 15) is 19.8 Å². The van der Waals surface area contributed by atoms with Crippen LogP contribution in [0.5, 0.6) is 0 Å². The maximum atomic E-state index is 10.1. The average molecular weight is 776 g/mol. The molecule has 1 atom stereocenters. The molecule has 7 heteroatoms. The van der Waals surface area contributed by atoms with Gasteiger partial charge in [0.15, 0.2) is 0 Å². The van der Waals surface area contributed by atoms with Gasteiger partial charge in [-0.15, -0.1) is 0 Å². The number of unbranched alkanes of at least 4 members (excludes halogenated alkanes) is 18. The van der Waals surface area contributed by atoms with Crippen molar-refractivity contribution in [2.75, 3.05) is 34.7 Å². The molecule has 0 N–H and O–H groups in total. The molecule has 282 valence electrons. The van der Waals surface area contributed by atoms with E-state index in [1.807, 2.05) is 0 Å². The van der Waals surface area contributed by atoms with Crippen molar-refractivity contribution in [3.63, 3.8) is 0 Å². The Balaban J connectivity index is -0.000000267. The van der Waals surface area contributed by atoms with E-state index in [4.69, 9.17) is 0 Å². The van der Waals surface area contributed by atoms with Crippen molar-refractivity contribution in [3.8, 4) is 0 Å². The molecule has 47 heavy (non-hydrogen) atoms. The summed E-state index contributed by atoms with van der Waals surface area (Å²) in [6.45, 7) is 12.5. The van der Waals surface area contributed by atoms with Crippen molar-refractivity contribution < 1.29 is 19.8 Å². The third-order valence-electron chi connectivity index (χ3n) is 8.26. The Kier molecular flexibility index (Phi) is 54.3. The van der Waals surface area contributed by atoms with Crippen molar-refractivity contribution in [2.24, 2.45) is 0 Å². The van der Waals surface area contributed by atoms with Gasteiger partial charge in [0.2, 0.25) is 0 Å². The summed E-state index contributed by atoms with van der Waals surface area (Å²) in [6, 6.07) is 0.697. The molecule has 0 aliphatic carbocycles. The van der Waals surface area contributed by atoms with Gasteiger partial charge in [0.05, 0.1) is 0 Å². The quantitative estimate of drug-likeness (QED) is 0.0534. The summed E-state index contributed by atoms with van der Waals surface area (Å²) in [6.07, 6.45) is 29.4. The second kappa shape index (κ2) is 47.8. The molecular weight excluding hydrogens is 691 g/mol. The molecule has 0 bridgehead atoms. The Labute approximate surface area is 306 Å². The van der Waals surface area contributed by atoms with E-state index in [-0.39, 0.29) is 34.0 Å². The number of hydrogen-bond donors (Lipinski definition) is 0. The number of nitrogens with zero attached hydrogens (tertiary/aromatic N) is 2. The van der Waals surface area contributed by atoms with E-state index in [0.29, 0.717) is 6.04 Å². The Morgan fingerprint density at radius 1 is 0.511 bits per heavy atom. The van der Waals surface area contributed by atoms with Gasteiger partial charge in [0.1, 0.15) is 0 Å². The molecule has 0 saturated carbocycles. The summed E-state index contributed by atoms with van der Waals surface area (Å²) < 4.78 is 3.25. The van der Waals surface area contributed by atoms with Gasteiger partial charge in [-0.2, -0.15) is 0 Å². The van der Waals surface area contributed by atoms with Crippen LogP contribution in [0.3, 0.4) is 0 Å². The second-order valence-electron chi connectivity index (χ2n) is 13.8. The molecule has 0 aromatic heterocycles. The Morgan fingerprint density at radius 2 is 0.809 bits per heavy atom. The summed E-state index contributed by atoms with van der Waals surface area (Å²) in [5.41, 5.74) is 0. The number of carbonyl (C=O) groups is 2. The van der Waals surface area contributed by atoms with Crippen LogP contribution < -0.4 is 10.2 Å². The molecule has 0 radical (unpaired) electrons. The van der Waals surface area contributed by atoms with Gasteiger partial charge in [-0.1, -0.05) is 117 Å². The zero-order valence-corrected chi connectivity index (χ0v) is 36.3. The van der Waals surface area contributed by atoms with Gasteiger partial charge in [0.25, 0.3) is 0 Å². The fraction of sp³-hybridized carbons (Fsp3) is 0.950. The second-order valence-corrected chi connectivity index (χ2v) is 18.0. The average Bonchev–Trinajstić information content (AvgIpc) is 3.02. The molecule has 0 aromatic carbocycles. The standard InChI is InChI=1S/2C12H24O2.C8H20N2.2C4H9.Sn/c2*1-2-3-4-5-6-7-8-9-10-11-12(13)14;1-8(10(4)5)6-7-9(2)3;2*1-3-4-2;/h2*2-11H2,1H3,(H,13,14);8H,6-7H2,1-5H3;2*1,3-4H2,2H3;/q;;;;;+2/p-2. The van der Waals surface area contributed by atoms with Gasteiger partial charge in [-0.05, 0) is 73.8 Å². The Hall–Kier alpha value is -0.341. The molecule has 0 spiro atoms. The molecule has 0 aliphatic rings. The van der Waals surface area contributed by atoms with E-state index in [1.165, 1.54) is 129 Å². The van der Waals surface area contributed by atoms with E-state index >= 15 is 0 Å². The summed E-state index contributed by atoms with van der Waals surface area (Å²) in [4.78, 5) is 24.7. The van der Waals surface area contributed by atoms with E-state index in [2.05, 4.69) is 72.6 Å². The summed E-state index contributed by atoms with van der Waals surface area (Å²) in [7, 11) is 8.48. The summed E-state index contributed by atoms with van der Waals surface area (Å²) >= 11 is 0.149. The van der Waals surface area contributed by atoms with Gasteiger partial charge < -0.3 is 29.6 Å². The molecule has 0 saturated heterocycles.